The fourth-order valence-corrected chi connectivity index (χ4v) is 1.42. The van der Waals surface area contributed by atoms with Crippen LogP contribution in [0.1, 0.15) is 6.92 Å². The van der Waals surface area contributed by atoms with E-state index in [4.69, 9.17) is 16.1 Å². The summed E-state index contributed by atoms with van der Waals surface area (Å²) >= 11 is 5.80. The fraction of sp³-hybridized carbons (Fsp3) is 0.182. The van der Waals surface area contributed by atoms with Crippen LogP contribution in [0.15, 0.2) is 34.9 Å². The van der Waals surface area contributed by atoms with Gasteiger partial charge in [0.1, 0.15) is 0 Å². The van der Waals surface area contributed by atoms with E-state index in [1.165, 1.54) is 0 Å². The van der Waals surface area contributed by atoms with Crippen LogP contribution in [0, 0.1) is 0 Å². The maximum absolute atomic E-state index is 5.80. The molecule has 0 aliphatic rings. The molecule has 0 spiro atoms. The Morgan fingerprint density at radius 3 is 2.73 bits per heavy atom. The van der Waals surface area contributed by atoms with Crippen LogP contribution in [0.4, 0.5) is 5.82 Å². The van der Waals surface area contributed by atoms with Gasteiger partial charge in [0.15, 0.2) is 11.6 Å². The van der Waals surface area contributed by atoms with E-state index in [2.05, 4.69) is 10.5 Å². The minimum absolute atomic E-state index is 0.713. The lowest BCUT2D eigenvalue weighted by molar-refractivity contribution is 0.435. The first-order chi connectivity index (χ1) is 7.29. The number of anilines is 1. The Labute approximate surface area is 93.0 Å². The van der Waals surface area contributed by atoms with Gasteiger partial charge in [-0.05, 0) is 31.2 Å². The van der Waals surface area contributed by atoms with Gasteiger partial charge in [0.25, 0.3) is 0 Å². The molecule has 1 aromatic heterocycles. The molecule has 0 saturated carbocycles. The van der Waals surface area contributed by atoms with E-state index in [0.29, 0.717) is 5.02 Å². The van der Waals surface area contributed by atoms with Gasteiger partial charge in [0.05, 0.1) is 0 Å². The lowest BCUT2D eigenvalue weighted by atomic mass is 10.2. The highest BCUT2D eigenvalue weighted by molar-refractivity contribution is 6.30. The van der Waals surface area contributed by atoms with Gasteiger partial charge in [-0.25, -0.2) is 0 Å². The number of aromatic nitrogens is 1. The lowest BCUT2D eigenvalue weighted by Gasteiger charge is -1.94. The van der Waals surface area contributed by atoms with Crippen molar-refractivity contribution in [2.45, 2.75) is 6.92 Å². The molecule has 0 unspecified atom stereocenters. The summed E-state index contributed by atoms with van der Waals surface area (Å²) in [5.74, 6) is 1.49. The predicted molar refractivity (Wildman–Crippen MR) is 61.1 cm³/mol. The highest BCUT2D eigenvalue weighted by Crippen LogP contribution is 2.23. The van der Waals surface area contributed by atoms with Crippen molar-refractivity contribution in [2.75, 3.05) is 11.9 Å². The van der Waals surface area contributed by atoms with Crippen LogP contribution in [0.2, 0.25) is 5.02 Å². The zero-order valence-electron chi connectivity index (χ0n) is 8.33. The van der Waals surface area contributed by atoms with Gasteiger partial charge in [0, 0.05) is 23.2 Å². The van der Waals surface area contributed by atoms with E-state index in [0.717, 1.165) is 23.7 Å². The third kappa shape index (κ3) is 2.30. The second-order valence-corrected chi connectivity index (χ2v) is 3.55. The number of rotatable bonds is 3. The summed E-state index contributed by atoms with van der Waals surface area (Å²) in [6.45, 7) is 2.84. The molecule has 1 heterocycles. The van der Waals surface area contributed by atoms with Gasteiger partial charge in [-0.2, -0.15) is 0 Å². The molecule has 0 aliphatic heterocycles. The summed E-state index contributed by atoms with van der Waals surface area (Å²) in [4.78, 5) is 0. The van der Waals surface area contributed by atoms with Gasteiger partial charge >= 0.3 is 0 Å². The van der Waals surface area contributed by atoms with Gasteiger partial charge in [-0.3, -0.25) is 0 Å². The molecule has 0 atom stereocenters. The number of benzene rings is 1. The average molecular weight is 223 g/mol. The molecule has 2 aromatic rings. The molecule has 78 valence electrons. The number of nitrogens with zero attached hydrogens (tertiary/aromatic N) is 1. The zero-order valence-corrected chi connectivity index (χ0v) is 9.08. The van der Waals surface area contributed by atoms with Crippen LogP contribution in [0.5, 0.6) is 0 Å². The van der Waals surface area contributed by atoms with Crippen molar-refractivity contribution in [1.82, 2.24) is 5.16 Å². The molecule has 0 radical (unpaired) electrons. The lowest BCUT2D eigenvalue weighted by Crippen LogP contribution is -1.95. The Morgan fingerprint density at radius 1 is 1.33 bits per heavy atom. The number of hydrogen-bond acceptors (Lipinski definition) is 3. The van der Waals surface area contributed by atoms with Gasteiger partial charge in [-0.1, -0.05) is 16.8 Å². The van der Waals surface area contributed by atoms with Crippen LogP contribution in [-0.2, 0) is 0 Å². The van der Waals surface area contributed by atoms with Crippen LogP contribution >= 0.6 is 11.6 Å². The van der Waals surface area contributed by atoms with E-state index >= 15 is 0 Å². The third-order valence-electron chi connectivity index (χ3n) is 2.00. The summed E-state index contributed by atoms with van der Waals surface area (Å²) in [5.41, 5.74) is 0.969. The van der Waals surface area contributed by atoms with Crippen molar-refractivity contribution >= 4 is 17.4 Å². The van der Waals surface area contributed by atoms with E-state index in [-0.39, 0.29) is 0 Å². The Morgan fingerprint density at radius 2 is 2.07 bits per heavy atom. The first-order valence-corrected chi connectivity index (χ1v) is 5.14. The van der Waals surface area contributed by atoms with Crippen molar-refractivity contribution in [2.24, 2.45) is 0 Å². The van der Waals surface area contributed by atoms with Crippen molar-refractivity contribution in [3.63, 3.8) is 0 Å². The first kappa shape index (κ1) is 10.1. The summed E-state index contributed by atoms with van der Waals surface area (Å²) in [7, 11) is 0. The van der Waals surface area contributed by atoms with E-state index in [1.807, 2.05) is 37.3 Å². The molecule has 2 rings (SSSR count). The predicted octanol–water partition coefficient (Wildman–Crippen LogP) is 3.43. The van der Waals surface area contributed by atoms with Crippen molar-refractivity contribution in [3.05, 3.63) is 35.4 Å². The third-order valence-corrected chi connectivity index (χ3v) is 2.25. The number of hydrogen-bond donors (Lipinski definition) is 1. The standard InChI is InChI=1S/C11H11ClN2O/c1-2-13-11-7-10(15-14-11)8-3-5-9(12)6-4-8/h3-7H,2H2,1H3,(H,13,14). The highest BCUT2D eigenvalue weighted by Gasteiger charge is 2.05. The number of nitrogens with one attached hydrogen (secondary N) is 1. The van der Waals surface area contributed by atoms with E-state index in [1.54, 1.807) is 0 Å². The minimum atomic E-state index is 0.713. The normalized spacial score (nSPS) is 10.3. The molecule has 0 fully saturated rings. The monoisotopic (exact) mass is 222 g/mol. The molecule has 0 saturated heterocycles. The molecule has 0 bridgehead atoms. The number of halogens is 1. The fourth-order valence-electron chi connectivity index (χ4n) is 1.29. The molecule has 1 N–H and O–H groups in total. The van der Waals surface area contributed by atoms with Gasteiger partial charge in [-0.15, -0.1) is 0 Å². The molecule has 0 amide bonds. The highest BCUT2D eigenvalue weighted by atomic mass is 35.5. The zero-order chi connectivity index (χ0) is 10.7. The minimum Gasteiger partial charge on any atom is -0.368 e. The first-order valence-electron chi connectivity index (χ1n) is 4.76. The Kier molecular flexibility index (Phi) is 2.92. The average Bonchev–Trinajstić information content (AvgIpc) is 2.68. The van der Waals surface area contributed by atoms with Crippen LogP contribution in [-0.4, -0.2) is 11.7 Å². The summed E-state index contributed by atoms with van der Waals surface area (Å²) in [6, 6.07) is 9.32. The van der Waals surface area contributed by atoms with Crippen LogP contribution < -0.4 is 5.32 Å². The Bertz CT molecular complexity index is 436. The quantitative estimate of drug-likeness (QED) is 0.865. The second kappa shape index (κ2) is 4.36. The SMILES string of the molecule is CCNc1cc(-c2ccc(Cl)cc2)on1. The largest absolute Gasteiger partial charge is 0.368 e. The molecular weight excluding hydrogens is 212 g/mol. The van der Waals surface area contributed by atoms with Gasteiger partial charge < -0.3 is 9.84 Å². The Hall–Kier alpha value is -1.48. The maximum atomic E-state index is 5.80. The second-order valence-electron chi connectivity index (χ2n) is 3.11. The smallest absolute Gasteiger partial charge is 0.170 e. The Balaban J connectivity index is 2.25. The molecule has 0 aliphatic carbocycles. The van der Waals surface area contributed by atoms with Crippen LogP contribution in [0.25, 0.3) is 11.3 Å². The van der Waals surface area contributed by atoms with Crippen molar-refractivity contribution in [3.8, 4) is 11.3 Å². The van der Waals surface area contributed by atoms with Crippen LogP contribution in [0.3, 0.4) is 0 Å². The van der Waals surface area contributed by atoms with Crippen molar-refractivity contribution in [1.29, 1.82) is 0 Å². The van der Waals surface area contributed by atoms with Gasteiger partial charge in [0.2, 0.25) is 0 Å². The molecule has 15 heavy (non-hydrogen) atoms. The summed E-state index contributed by atoms with van der Waals surface area (Å²) in [6.07, 6.45) is 0. The van der Waals surface area contributed by atoms with Crippen molar-refractivity contribution < 1.29 is 4.52 Å². The molecule has 3 nitrogen and oxygen atoms in total. The summed E-state index contributed by atoms with van der Waals surface area (Å²) in [5, 5.41) is 7.68. The topological polar surface area (TPSA) is 38.1 Å². The van der Waals surface area contributed by atoms with E-state index in [9.17, 15) is 0 Å². The molecular formula is C11H11ClN2O. The molecule has 4 heteroatoms. The summed E-state index contributed by atoms with van der Waals surface area (Å²) < 4.78 is 5.19. The maximum Gasteiger partial charge on any atom is 0.170 e. The molecule has 1 aromatic carbocycles. The van der Waals surface area contributed by atoms with E-state index < -0.39 is 0 Å².